The van der Waals surface area contributed by atoms with Crippen LogP contribution in [0.25, 0.3) is 0 Å². The molecule has 1 saturated heterocycles. The number of morpholine rings is 1. The van der Waals surface area contributed by atoms with E-state index in [0.717, 1.165) is 44.6 Å². The Morgan fingerprint density at radius 3 is 3.00 bits per heavy atom. The predicted octanol–water partition coefficient (Wildman–Crippen LogP) is 2.37. The standard InChI is InChI=1S/C17H26N2O2S/c1-20-16-9-13(3-6-17(16)22-2)10-18-11-15-12-19(7-8-21-15)14-4-5-14/h3,6,9,14-15,18H,4-5,7-8,10-12H2,1-2H3. The van der Waals surface area contributed by atoms with E-state index in [2.05, 4.69) is 34.7 Å². The monoisotopic (exact) mass is 322 g/mol. The quantitative estimate of drug-likeness (QED) is 0.780. The van der Waals surface area contributed by atoms with Crippen LogP contribution in [0.5, 0.6) is 5.75 Å². The molecule has 1 saturated carbocycles. The second-order valence-corrected chi connectivity index (χ2v) is 6.89. The summed E-state index contributed by atoms with van der Waals surface area (Å²) < 4.78 is 11.3. The van der Waals surface area contributed by atoms with Gasteiger partial charge in [-0.15, -0.1) is 11.8 Å². The van der Waals surface area contributed by atoms with Gasteiger partial charge in [0, 0.05) is 37.1 Å². The molecule has 0 bridgehead atoms. The first-order valence-electron chi connectivity index (χ1n) is 8.07. The largest absolute Gasteiger partial charge is 0.496 e. The maximum Gasteiger partial charge on any atom is 0.132 e. The highest BCUT2D eigenvalue weighted by molar-refractivity contribution is 7.98. The van der Waals surface area contributed by atoms with Crippen LogP contribution in [0.2, 0.25) is 0 Å². The van der Waals surface area contributed by atoms with Gasteiger partial charge in [-0.1, -0.05) is 6.07 Å². The Labute approximate surface area is 137 Å². The van der Waals surface area contributed by atoms with E-state index in [1.807, 2.05) is 0 Å². The van der Waals surface area contributed by atoms with Crippen molar-refractivity contribution in [3.8, 4) is 5.75 Å². The maximum absolute atomic E-state index is 5.87. The van der Waals surface area contributed by atoms with E-state index in [4.69, 9.17) is 9.47 Å². The van der Waals surface area contributed by atoms with E-state index < -0.39 is 0 Å². The highest BCUT2D eigenvalue weighted by atomic mass is 32.2. The lowest BCUT2D eigenvalue weighted by molar-refractivity contribution is -0.0301. The second-order valence-electron chi connectivity index (χ2n) is 6.04. The third-order valence-corrected chi connectivity index (χ3v) is 5.16. The molecule has 0 amide bonds. The van der Waals surface area contributed by atoms with Crippen LogP contribution in [0, 0.1) is 0 Å². The zero-order chi connectivity index (χ0) is 15.4. The van der Waals surface area contributed by atoms with E-state index in [1.165, 1.54) is 23.3 Å². The zero-order valence-electron chi connectivity index (χ0n) is 13.5. The van der Waals surface area contributed by atoms with Crippen molar-refractivity contribution in [2.75, 3.05) is 39.6 Å². The molecule has 3 rings (SSSR count). The van der Waals surface area contributed by atoms with E-state index in [1.54, 1.807) is 18.9 Å². The van der Waals surface area contributed by atoms with Crippen LogP contribution in [0.4, 0.5) is 0 Å². The SMILES string of the molecule is COc1cc(CNCC2CN(C3CC3)CCO2)ccc1SC. The van der Waals surface area contributed by atoms with Gasteiger partial charge in [0.25, 0.3) is 0 Å². The number of rotatable bonds is 7. The lowest BCUT2D eigenvalue weighted by Gasteiger charge is -2.33. The Hall–Kier alpha value is -0.750. The average molecular weight is 322 g/mol. The fourth-order valence-electron chi connectivity index (χ4n) is 3.01. The lowest BCUT2D eigenvalue weighted by atomic mass is 10.2. The van der Waals surface area contributed by atoms with Crippen LogP contribution in [-0.4, -0.2) is 56.7 Å². The molecule has 1 heterocycles. The molecule has 1 unspecified atom stereocenters. The summed E-state index contributed by atoms with van der Waals surface area (Å²) >= 11 is 1.71. The Morgan fingerprint density at radius 1 is 1.41 bits per heavy atom. The number of methoxy groups -OCH3 is 1. The molecule has 0 radical (unpaired) electrons. The van der Waals surface area contributed by atoms with Gasteiger partial charge in [0.05, 0.1) is 19.8 Å². The molecular weight excluding hydrogens is 296 g/mol. The number of benzene rings is 1. The summed E-state index contributed by atoms with van der Waals surface area (Å²) in [5, 5.41) is 3.53. The van der Waals surface area contributed by atoms with Gasteiger partial charge in [-0.3, -0.25) is 4.90 Å². The molecule has 0 aromatic heterocycles. The van der Waals surface area contributed by atoms with Crippen molar-refractivity contribution < 1.29 is 9.47 Å². The van der Waals surface area contributed by atoms with Crippen LogP contribution < -0.4 is 10.1 Å². The average Bonchev–Trinajstić information content (AvgIpc) is 3.40. The van der Waals surface area contributed by atoms with E-state index >= 15 is 0 Å². The first-order valence-corrected chi connectivity index (χ1v) is 9.30. The lowest BCUT2D eigenvalue weighted by Crippen LogP contribution is -2.47. The molecule has 0 spiro atoms. The van der Waals surface area contributed by atoms with Crippen molar-refractivity contribution in [3.05, 3.63) is 23.8 Å². The van der Waals surface area contributed by atoms with E-state index in [9.17, 15) is 0 Å². The minimum Gasteiger partial charge on any atom is -0.496 e. The first-order chi connectivity index (χ1) is 10.8. The fraction of sp³-hybridized carbons (Fsp3) is 0.647. The van der Waals surface area contributed by atoms with Crippen LogP contribution >= 0.6 is 11.8 Å². The van der Waals surface area contributed by atoms with Gasteiger partial charge in [0.1, 0.15) is 5.75 Å². The summed E-state index contributed by atoms with van der Waals surface area (Å²) in [6.45, 7) is 4.82. The van der Waals surface area contributed by atoms with Gasteiger partial charge in [-0.25, -0.2) is 0 Å². The minimum atomic E-state index is 0.321. The van der Waals surface area contributed by atoms with Crippen molar-refractivity contribution in [1.29, 1.82) is 0 Å². The van der Waals surface area contributed by atoms with E-state index in [0.29, 0.717) is 6.10 Å². The molecule has 5 heteroatoms. The van der Waals surface area contributed by atoms with Crippen molar-refractivity contribution in [2.24, 2.45) is 0 Å². The predicted molar refractivity (Wildman–Crippen MR) is 90.8 cm³/mol. The highest BCUT2D eigenvalue weighted by Gasteiger charge is 2.32. The molecular formula is C17H26N2O2S. The number of thioether (sulfide) groups is 1. The van der Waals surface area contributed by atoms with Crippen LogP contribution in [0.3, 0.4) is 0 Å². The van der Waals surface area contributed by atoms with Gasteiger partial charge >= 0.3 is 0 Å². The van der Waals surface area contributed by atoms with Crippen molar-refractivity contribution in [1.82, 2.24) is 10.2 Å². The van der Waals surface area contributed by atoms with Crippen LogP contribution in [0.1, 0.15) is 18.4 Å². The number of ether oxygens (including phenoxy) is 2. The molecule has 1 aromatic carbocycles. The van der Waals surface area contributed by atoms with E-state index in [-0.39, 0.29) is 0 Å². The van der Waals surface area contributed by atoms with Gasteiger partial charge < -0.3 is 14.8 Å². The van der Waals surface area contributed by atoms with Gasteiger partial charge in [0.15, 0.2) is 0 Å². The Kier molecular flexibility index (Phi) is 5.63. The second kappa shape index (κ2) is 7.68. The molecule has 2 aliphatic rings. The molecule has 4 nitrogen and oxygen atoms in total. The fourth-order valence-corrected chi connectivity index (χ4v) is 3.55. The highest BCUT2D eigenvalue weighted by Crippen LogP contribution is 2.29. The molecule has 1 aromatic rings. The van der Waals surface area contributed by atoms with Gasteiger partial charge in [0.2, 0.25) is 0 Å². The van der Waals surface area contributed by atoms with Crippen molar-refractivity contribution >= 4 is 11.8 Å². The molecule has 1 atom stereocenters. The van der Waals surface area contributed by atoms with Crippen molar-refractivity contribution in [3.63, 3.8) is 0 Å². The Balaban J connectivity index is 1.46. The molecule has 1 N–H and O–H groups in total. The number of hydrogen-bond donors (Lipinski definition) is 1. The summed E-state index contributed by atoms with van der Waals surface area (Å²) in [7, 11) is 1.73. The third-order valence-electron chi connectivity index (χ3n) is 4.38. The smallest absolute Gasteiger partial charge is 0.132 e. The zero-order valence-corrected chi connectivity index (χ0v) is 14.3. The number of nitrogens with one attached hydrogen (secondary N) is 1. The van der Waals surface area contributed by atoms with Crippen LogP contribution in [0.15, 0.2) is 23.1 Å². The summed E-state index contributed by atoms with van der Waals surface area (Å²) in [6, 6.07) is 7.26. The summed E-state index contributed by atoms with van der Waals surface area (Å²) in [4.78, 5) is 3.77. The maximum atomic E-state index is 5.87. The topological polar surface area (TPSA) is 33.7 Å². The summed E-state index contributed by atoms with van der Waals surface area (Å²) in [6.07, 6.45) is 5.15. The molecule has 22 heavy (non-hydrogen) atoms. The summed E-state index contributed by atoms with van der Waals surface area (Å²) in [5.74, 6) is 0.959. The van der Waals surface area contributed by atoms with Crippen LogP contribution in [-0.2, 0) is 11.3 Å². The normalized spacial score (nSPS) is 22.7. The molecule has 122 valence electrons. The first kappa shape index (κ1) is 16.1. The number of nitrogens with zero attached hydrogens (tertiary/aromatic N) is 1. The van der Waals surface area contributed by atoms with Crippen molar-refractivity contribution in [2.45, 2.75) is 36.4 Å². The molecule has 1 aliphatic heterocycles. The Morgan fingerprint density at radius 2 is 2.27 bits per heavy atom. The molecule has 2 fully saturated rings. The van der Waals surface area contributed by atoms with Gasteiger partial charge in [-0.05, 0) is 36.8 Å². The third kappa shape index (κ3) is 4.16. The number of hydrogen-bond acceptors (Lipinski definition) is 5. The minimum absolute atomic E-state index is 0.321. The molecule has 1 aliphatic carbocycles. The summed E-state index contributed by atoms with van der Waals surface area (Å²) in [5.41, 5.74) is 1.25. The van der Waals surface area contributed by atoms with Gasteiger partial charge in [-0.2, -0.15) is 0 Å². The Bertz CT molecular complexity index is 494.